The number of benzene rings is 2. The quantitative estimate of drug-likeness (QED) is 0.622. The first-order valence-corrected chi connectivity index (χ1v) is 7.81. The molecule has 0 aliphatic carbocycles. The number of hydrogen-bond donors (Lipinski definition) is 1. The number of hydrogen-bond acceptors (Lipinski definition) is 4. The van der Waals surface area contributed by atoms with Gasteiger partial charge in [0.15, 0.2) is 6.61 Å². The summed E-state index contributed by atoms with van der Waals surface area (Å²) in [6.45, 7) is 1.55. The van der Waals surface area contributed by atoms with Crippen LogP contribution in [0.2, 0.25) is 10.0 Å². The number of nitrogens with zero attached hydrogens (tertiary/aromatic N) is 1. The lowest BCUT2D eigenvalue weighted by molar-refractivity contribution is -0.123. The molecule has 1 amide bonds. The van der Waals surface area contributed by atoms with Crippen LogP contribution in [-0.4, -0.2) is 25.3 Å². The van der Waals surface area contributed by atoms with Crippen molar-refractivity contribution < 1.29 is 14.3 Å². The maximum Gasteiger partial charge on any atom is 0.277 e. The van der Waals surface area contributed by atoms with Gasteiger partial charge in [0.2, 0.25) is 0 Å². The molecule has 0 unspecified atom stereocenters. The SMILES string of the molecule is COc1ccccc1/C(C)=N\NC(=O)COc1ccc(Cl)cc1Cl. The average Bonchev–Trinajstić information content (AvgIpc) is 2.58. The van der Waals surface area contributed by atoms with E-state index in [4.69, 9.17) is 32.7 Å². The van der Waals surface area contributed by atoms with E-state index in [1.165, 1.54) is 0 Å². The number of nitrogens with one attached hydrogen (secondary N) is 1. The van der Waals surface area contributed by atoms with Crippen LogP contribution in [-0.2, 0) is 4.79 Å². The Morgan fingerprint density at radius 2 is 1.92 bits per heavy atom. The lowest BCUT2D eigenvalue weighted by Crippen LogP contribution is -2.25. The van der Waals surface area contributed by atoms with E-state index in [2.05, 4.69) is 10.5 Å². The van der Waals surface area contributed by atoms with Gasteiger partial charge in [0, 0.05) is 10.6 Å². The Hall–Kier alpha value is -2.24. The van der Waals surface area contributed by atoms with Crippen LogP contribution in [0.3, 0.4) is 0 Å². The molecule has 0 radical (unpaired) electrons. The molecule has 0 fully saturated rings. The maximum atomic E-state index is 11.8. The standard InChI is InChI=1S/C17H16Cl2N2O3/c1-11(13-5-3-4-6-15(13)23-2)20-21-17(22)10-24-16-8-7-12(18)9-14(16)19/h3-9H,10H2,1-2H3,(H,21,22)/b20-11-. The lowest BCUT2D eigenvalue weighted by atomic mass is 10.1. The predicted molar refractivity (Wildman–Crippen MR) is 95.3 cm³/mol. The Morgan fingerprint density at radius 1 is 1.17 bits per heavy atom. The van der Waals surface area contributed by atoms with Crippen LogP contribution < -0.4 is 14.9 Å². The van der Waals surface area contributed by atoms with Crippen LogP contribution in [0.25, 0.3) is 0 Å². The van der Waals surface area contributed by atoms with Gasteiger partial charge in [-0.3, -0.25) is 4.79 Å². The predicted octanol–water partition coefficient (Wildman–Crippen LogP) is 3.92. The van der Waals surface area contributed by atoms with Crippen molar-refractivity contribution in [1.29, 1.82) is 0 Å². The van der Waals surface area contributed by atoms with Crippen molar-refractivity contribution in [3.05, 3.63) is 58.1 Å². The number of amides is 1. The summed E-state index contributed by atoms with van der Waals surface area (Å²) in [5.74, 6) is 0.647. The highest BCUT2D eigenvalue weighted by Gasteiger charge is 2.08. The Balaban J connectivity index is 1.94. The summed E-state index contributed by atoms with van der Waals surface area (Å²) < 4.78 is 10.6. The average molecular weight is 367 g/mol. The molecule has 2 aromatic rings. The van der Waals surface area contributed by atoms with Crippen molar-refractivity contribution in [3.63, 3.8) is 0 Å². The van der Waals surface area contributed by atoms with E-state index in [9.17, 15) is 4.79 Å². The minimum atomic E-state index is -0.407. The number of rotatable bonds is 6. The van der Waals surface area contributed by atoms with E-state index in [0.29, 0.717) is 27.3 Å². The fraction of sp³-hybridized carbons (Fsp3) is 0.176. The number of hydrazone groups is 1. The Bertz CT molecular complexity index is 763. The van der Waals surface area contributed by atoms with Gasteiger partial charge in [-0.15, -0.1) is 0 Å². The minimum Gasteiger partial charge on any atom is -0.496 e. The molecule has 0 aliphatic heterocycles. The van der Waals surface area contributed by atoms with Crippen molar-refractivity contribution >= 4 is 34.8 Å². The number of ether oxygens (including phenoxy) is 2. The summed E-state index contributed by atoms with van der Waals surface area (Å²) in [5, 5.41) is 4.89. The molecule has 1 N–H and O–H groups in total. The summed E-state index contributed by atoms with van der Waals surface area (Å²) >= 11 is 11.8. The number of para-hydroxylation sites is 1. The number of halogens is 2. The molecular weight excluding hydrogens is 351 g/mol. The highest BCUT2D eigenvalue weighted by Crippen LogP contribution is 2.27. The molecule has 5 nitrogen and oxygen atoms in total. The van der Waals surface area contributed by atoms with Crippen LogP contribution in [0, 0.1) is 0 Å². The van der Waals surface area contributed by atoms with Crippen LogP contribution in [0.4, 0.5) is 0 Å². The van der Waals surface area contributed by atoms with Crippen molar-refractivity contribution in [1.82, 2.24) is 5.43 Å². The van der Waals surface area contributed by atoms with Crippen LogP contribution >= 0.6 is 23.2 Å². The summed E-state index contributed by atoms with van der Waals surface area (Å²) in [5.41, 5.74) is 3.84. The number of carbonyl (C=O) groups excluding carboxylic acids is 1. The van der Waals surface area contributed by atoms with Gasteiger partial charge in [0.25, 0.3) is 5.91 Å². The van der Waals surface area contributed by atoms with E-state index in [0.717, 1.165) is 5.56 Å². The van der Waals surface area contributed by atoms with E-state index in [1.54, 1.807) is 32.2 Å². The normalized spacial score (nSPS) is 11.1. The van der Waals surface area contributed by atoms with E-state index in [1.807, 2.05) is 24.3 Å². The van der Waals surface area contributed by atoms with E-state index < -0.39 is 5.91 Å². The number of methoxy groups -OCH3 is 1. The maximum absolute atomic E-state index is 11.8. The van der Waals surface area contributed by atoms with Gasteiger partial charge in [0.05, 0.1) is 17.8 Å². The molecular formula is C17H16Cl2N2O3. The van der Waals surface area contributed by atoms with Gasteiger partial charge in [-0.2, -0.15) is 5.10 Å². The van der Waals surface area contributed by atoms with Crippen molar-refractivity contribution in [2.45, 2.75) is 6.92 Å². The third-order valence-corrected chi connectivity index (χ3v) is 3.63. The summed E-state index contributed by atoms with van der Waals surface area (Å²) in [4.78, 5) is 11.8. The summed E-state index contributed by atoms with van der Waals surface area (Å²) in [7, 11) is 1.58. The summed E-state index contributed by atoms with van der Waals surface area (Å²) in [6.07, 6.45) is 0. The molecule has 0 aliphatic rings. The van der Waals surface area contributed by atoms with Crippen LogP contribution in [0.1, 0.15) is 12.5 Å². The Morgan fingerprint density at radius 3 is 2.62 bits per heavy atom. The number of carbonyl (C=O) groups is 1. The zero-order valence-electron chi connectivity index (χ0n) is 13.2. The highest BCUT2D eigenvalue weighted by molar-refractivity contribution is 6.35. The highest BCUT2D eigenvalue weighted by atomic mass is 35.5. The first kappa shape index (κ1) is 18.1. The third-order valence-electron chi connectivity index (χ3n) is 3.10. The molecule has 0 atom stereocenters. The Kier molecular flexibility index (Phi) is 6.46. The molecule has 0 bridgehead atoms. The van der Waals surface area contributed by atoms with Crippen molar-refractivity contribution in [2.24, 2.45) is 5.10 Å². The zero-order valence-corrected chi connectivity index (χ0v) is 14.7. The largest absolute Gasteiger partial charge is 0.496 e. The molecule has 0 spiro atoms. The molecule has 2 aromatic carbocycles. The molecule has 0 heterocycles. The third kappa shape index (κ3) is 4.88. The molecule has 0 saturated carbocycles. The molecule has 126 valence electrons. The monoisotopic (exact) mass is 366 g/mol. The fourth-order valence-corrected chi connectivity index (χ4v) is 2.38. The molecule has 24 heavy (non-hydrogen) atoms. The van der Waals surface area contributed by atoms with Crippen LogP contribution in [0.5, 0.6) is 11.5 Å². The summed E-state index contributed by atoms with van der Waals surface area (Å²) in [6, 6.07) is 12.2. The lowest BCUT2D eigenvalue weighted by Gasteiger charge is -2.09. The molecule has 7 heteroatoms. The van der Waals surface area contributed by atoms with Gasteiger partial charge in [0.1, 0.15) is 11.5 Å². The molecule has 0 saturated heterocycles. The van der Waals surface area contributed by atoms with E-state index in [-0.39, 0.29) is 6.61 Å². The topological polar surface area (TPSA) is 59.9 Å². The second-order valence-electron chi connectivity index (χ2n) is 4.80. The fourth-order valence-electron chi connectivity index (χ4n) is 1.92. The van der Waals surface area contributed by atoms with Crippen molar-refractivity contribution in [2.75, 3.05) is 13.7 Å². The smallest absolute Gasteiger partial charge is 0.277 e. The molecule has 2 rings (SSSR count). The second kappa shape index (κ2) is 8.57. The van der Waals surface area contributed by atoms with Crippen LogP contribution in [0.15, 0.2) is 47.6 Å². The first-order chi connectivity index (χ1) is 11.5. The second-order valence-corrected chi connectivity index (χ2v) is 5.64. The van der Waals surface area contributed by atoms with Gasteiger partial charge >= 0.3 is 0 Å². The Labute approximate surface area is 150 Å². The van der Waals surface area contributed by atoms with E-state index >= 15 is 0 Å². The molecule has 0 aromatic heterocycles. The van der Waals surface area contributed by atoms with Gasteiger partial charge in [-0.1, -0.05) is 35.3 Å². The zero-order chi connectivity index (χ0) is 17.5. The van der Waals surface area contributed by atoms with Gasteiger partial charge in [-0.25, -0.2) is 5.43 Å². The van der Waals surface area contributed by atoms with Gasteiger partial charge in [-0.05, 0) is 37.3 Å². The minimum absolute atomic E-state index is 0.218. The van der Waals surface area contributed by atoms with Gasteiger partial charge < -0.3 is 9.47 Å². The first-order valence-electron chi connectivity index (χ1n) is 7.05. The van der Waals surface area contributed by atoms with Crippen molar-refractivity contribution in [3.8, 4) is 11.5 Å².